The van der Waals surface area contributed by atoms with E-state index in [1.54, 1.807) is 42.5 Å². The third kappa shape index (κ3) is 3.22. The second kappa shape index (κ2) is 6.87. The molecule has 0 fully saturated rings. The van der Waals surface area contributed by atoms with Crippen molar-refractivity contribution in [3.05, 3.63) is 48.0 Å². The van der Waals surface area contributed by atoms with E-state index in [0.29, 0.717) is 41.7 Å². The number of fused-ring (bicyclic) bond motifs is 1. The Balaban J connectivity index is 1.59. The maximum absolute atomic E-state index is 12.7. The lowest BCUT2D eigenvalue weighted by Gasteiger charge is -2.18. The molecule has 4 rings (SSSR count). The number of rotatable bonds is 4. The molecular weight excluding hydrogens is 350 g/mol. The molecule has 0 atom stereocenters. The van der Waals surface area contributed by atoms with E-state index in [4.69, 9.17) is 19.9 Å². The first kappa shape index (κ1) is 16.7. The molecule has 0 saturated heterocycles. The first-order chi connectivity index (χ1) is 13.2. The molecule has 2 aromatic carbocycles. The van der Waals surface area contributed by atoms with Gasteiger partial charge in [0.15, 0.2) is 11.5 Å². The molecule has 1 aliphatic rings. The number of benzene rings is 2. The Morgan fingerprint density at radius 2 is 1.96 bits per heavy atom. The number of para-hydroxylation sites is 1. The highest BCUT2D eigenvalue weighted by atomic mass is 16.6. The highest BCUT2D eigenvalue weighted by Crippen LogP contribution is 2.33. The van der Waals surface area contributed by atoms with Crippen LogP contribution in [0.3, 0.4) is 0 Å². The van der Waals surface area contributed by atoms with Crippen molar-refractivity contribution in [2.24, 2.45) is 0 Å². The van der Waals surface area contributed by atoms with Crippen LogP contribution in [0.4, 0.5) is 17.6 Å². The number of nitrogen functional groups attached to an aromatic ring is 1. The third-order valence-electron chi connectivity index (χ3n) is 3.96. The van der Waals surface area contributed by atoms with Crippen LogP contribution in [-0.2, 0) is 0 Å². The summed E-state index contributed by atoms with van der Waals surface area (Å²) in [6, 6.07) is 12.2. The highest BCUT2D eigenvalue weighted by Gasteiger charge is 2.20. The van der Waals surface area contributed by atoms with Gasteiger partial charge in [-0.15, -0.1) is 5.10 Å². The summed E-state index contributed by atoms with van der Waals surface area (Å²) in [5, 5.41) is 7.17. The molecule has 1 aliphatic heterocycles. The van der Waals surface area contributed by atoms with Gasteiger partial charge in [0.2, 0.25) is 11.9 Å². The number of anilines is 3. The number of nitrogens with one attached hydrogen (secondary N) is 1. The largest absolute Gasteiger partial charge is 0.496 e. The zero-order valence-corrected chi connectivity index (χ0v) is 14.5. The van der Waals surface area contributed by atoms with E-state index >= 15 is 0 Å². The van der Waals surface area contributed by atoms with E-state index in [0.717, 1.165) is 4.68 Å². The van der Waals surface area contributed by atoms with Crippen molar-refractivity contribution in [3.63, 3.8) is 0 Å². The standard InChI is InChI=1S/C18H17N5O4/c1-25-13-5-3-2-4-12(13)16(24)23-17(19)21-18(22-23)20-11-6-7-14-15(10-11)27-9-8-26-14/h2-7,10H,8-9H2,1H3,(H3,19,20,21,22). The van der Waals surface area contributed by atoms with Crippen molar-refractivity contribution in [2.45, 2.75) is 0 Å². The van der Waals surface area contributed by atoms with Crippen molar-refractivity contribution in [3.8, 4) is 17.2 Å². The molecular formula is C18H17N5O4. The molecule has 9 nitrogen and oxygen atoms in total. The second-order valence-electron chi connectivity index (χ2n) is 5.69. The lowest BCUT2D eigenvalue weighted by Crippen LogP contribution is -2.17. The maximum Gasteiger partial charge on any atom is 0.285 e. The summed E-state index contributed by atoms with van der Waals surface area (Å²) in [6.45, 7) is 1.01. The van der Waals surface area contributed by atoms with Gasteiger partial charge in [0.05, 0.1) is 12.7 Å². The molecule has 0 amide bonds. The summed E-state index contributed by atoms with van der Waals surface area (Å²) < 4.78 is 17.3. The zero-order valence-electron chi connectivity index (χ0n) is 14.5. The summed E-state index contributed by atoms with van der Waals surface area (Å²) in [7, 11) is 1.49. The van der Waals surface area contributed by atoms with Gasteiger partial charge in [-0.1, -0.05) is 12.1 Å². The van der Waals surface area contributed by atoms with Crippen LogP contribution in [0.2, 0.25) is 0 Å². The first-order valence-corrected chi connectivity index (χ1v) is 8.22. The summed E-state index contributed by atoms with van der Waals surface area (Å²) in [6.07, 6.45) is 0. The normalized spacial score (nSPS) is 12.5. The van der Waals surface area contributed by atoms with Crippen molar-refractivity contribution in [1.82, 2.24) is 14.8 Å². The fraction of sp³-hybridized carbons (Fsp3) is 0.167. The Morgan fingerprint density at radius 3 is 2.78 bits per heavy atom. The van der Waals surface area contributed by atoms with Crippen LogP contribution in [0.25, 0.3) is 0 Å². The molecule has 27 heavy (non-hydrogen) atoms. The Morgan fingerprint density at radius 1 is 1.19 bits per heavy atom. The maximum atomic E-state index is 12.7. The number of aromatic nitrogens is 3. The molecule has 3 aromatic rings. The van der Waals surface area contributed by atoms with Gasteiger partial charge in [0.25, 0.3) is 5.91 Å². The van der Waals surface area contributed by atoms with Crippen molar-refractivity contribution in [2.75, 3.05) is 31.4 Å². The molecule has 0 aliphatic carbocycles. The fourth-order valence-corrected chi connectivity index (χ4v) is 2.71. The van der Waals surface area contributed by atoms with Gasteiger partial charge in [0.1, 0.15) is 19.0 Å². The molecule has 0 bridgehead atoms. The molecule has 9 heteroatoms. The first-order valence-electron chi connectivity index (χ1n) is 8.22. The van der Waals surface area contributed by atoms with Gasteiger partial charge in [-0.2, -0.15) is 9.67 Å². The Hall–Kier alpha value is -3.75. The molecule has 3 N–H and O–H groups in total. The fourth-order valence-electron chi connectivity index (χ4n) is 2.71. The van der Waals surface area contributed by atoms with Crippen LogP contribution in [0.1, 0.15) is 10.4 Å². The average Bonchev–Trinajstić information content (AvgIpc) is 3.07. The summed E-state index contributed by atoms with van der Waals surface area (Å²) >= 11 is 0. The lowest BCUT2D eigenvalue weighted by molar-refractivity contribution is 0.0945. The topological polar surface area (TPSA) is 114 Å². The Bertz CT molecular complexity index is 1000. The van der Waals surface area contributed by atoms with Crippen LogP contribution in [-0.4, -0.2) is 41.0 Å². The summed E-state index contributed by atoms with van der Waals surface area (Å²) in [5.41, 5.74) is 6.90. The highest BCUT2D eigenvalue weighted by molar-refractivity contribution is 5.99. The van der Waals surface area contributed by atoms with Crippen molar-refractivity contribution in [1.29, 1.82) is 0 Å². The van der Waals surface area contributed by atoms with Gasteiger partial charge in [-0.25, -0.2) is 0 Å². The molecule has 138 valence electrons. The van der Waals surface area contributed by atoms with E-state index in [9.17, 15) is 4.79 Å². The Labute approximate surface area is 154 Å². The molecule has 2 heterocycles. The van der Waals surface area contributed by atoms with E-state index in [1.807, 2.05) is 0 Å². The van der Waals surface area contributed by atoms with Crippen LogP contribution >= 0.6 is 0 Å². The smallest absolute Gasteiger partial charge is 0.285 e. The Kier molecular flexibility index (Phi) is 4.25. The van der Waals surface area contributed by atoms with Gasteiger partial charge in [-0.3, -0.25) is 4.79 Å². The summed E-state index contributed by atoms with van der Waals surface area (Å²) in [5.74, 6) is 1.45. The van der Waals surface area contributed by atoms with Crippen LogP contribution in [0.5, 0.6) is 17.2 Å². The van der Waals surface area contributed by atoms with Gasteiger partial charge < -0.3 is 25.3 Å². The third-order valence-corrected chi connectivity index (χ3v) is 3.96. The minimum absolute atomic E-state index is 0.0362. The molecule has 0 spiro atoms. The van der Waals surface area contributed by atoms with Gasteiger partial charge >= 0.3 is 0 Å². The molecule has 0 unspecified atom stereocenters. The second-order valence-corrected chi connectivity index (χ2v) is 5.69. The lowest BCUT2D eigenvalue weighted by atomic mass is 10.2. The van der Waals surface area contributed by atoms with Crippen molar-refractivity contribution < 1.29 is 19.0 Å². The number of nitrogens with two attached hydrogens (primary N) is 1. The monoisotopic (exact) mass is 367 g/mol. The number of methoxy groups -OCH3 is 1. The molecule has 0 radical (unpaired) electrons. The predicted octanol–water partition coefficient (Wildman–Crippen LogP) is 2.07. The summed E-state index contributed by atoms with van der Waals surface area (Å²) in [4.78, 5) is 16.8. The molecule has 1 aromatic heterocycles. The number of ether oxygens (including phenoxy) is 3. The van der Waals surface area contributed by atoms with E-state index < -0.39 is 5.91 Å². The SMILES string of the molecule is COc1ccccc1C(=O)n1nc(Nc2ccc3c(c2)OCCO3)nc1N. The van der Waals surface area contributed by atoms with E-state index in [2.05, 4.69) is 15.4 Å². The number of hydrogen-bond donors (Lipinski definition) is 2. The van der Waals surface area contributed by atoms with Crippen LogP contribution < -0.4 is 25.3 Å². The van der Waals surface area contributed by atoms with Crippen LogP contribution in [0.15, 0.2) is 42.5 Å². The van der Waals surface area contributed by atoms with E-state index in [-0.39, 0.29) is 11.9 Å². The predicted molar refractivity (Wildman–Crippen MR) is 97.9 cm³/mol. The molecule has 0 saturated carbocycles. The minimum Gasteiger partial charge on any atom is -0.496 e. The van der Waals surface area contributed by atoms with Crippen molar-refractivity contribution >= 4 is 23.5 Å². The number of hydrogen-bond acceptors (Lipinski definition) is 8. The average molecular weight is 367 g/mol. The van der Waals surface area contributed by atoms with Gasteiger partial charge in [0, 0.05) is 11.8 Å². The zero-order chi connectivity index (χ0) is 18.8. The quantitative estimate of drug-likeness (QED) is 0.720. The van der Waals surface area contributed by atoms with E-state index in [1.165, 1.54) is 7.11 Å². The number of carbonyl (C=O) groups excluding carboxylic acids is 1. The number of nitrogens with zero attached hydrogens (tertiary/aromatic N) is 3. The minimum atomic E-state index is -0.437. The van der Waals surface area contributed by atoms with Gasteiger partial charge in [-0.05, 0) is 24.3 Å². The van der Waals surface area contributed by atoms with Crippen LogP contribution in [0, 0.1) is 0 Å². The number of carbonyl (C=O) groups is 1.